The van der Waals surface area contributed by atoms with Crippen molar-refractivity contribution in [1.29, 1.82) is 0 Å². The summed E-state index contributed by atoms with van der Waals surface area (Å²) >= 11 is 0. The van der Waals surface area contributed by atoms with Gasteiger partial charge in [-0.05, 0) is 78.5 Å². The van der Waals surface area contributed by atoms with Gasteiger partial charge in [-0.2, -0.15) is 0 Å². The fourth-order valence-electron chi connectivity index (χ4n) is 6.66. The predicted octanol–water partition coefficient (Wildman–Crippen LogP) is 10.3. The molecule has 1 heterocycles. The highest BCUT2D eigenvalue weighted by Gasteiger charge is 2.21. The molecule has 3 nitrogen and oxygen atoms in total. The van der Waals surface area contributed by atoms with Gasteiger partial charge in [-0.25, -0.2) is 0 Å². The summed E-state index contributed by atoms with van der Waals surface area (Å²) in [6.07, 6.45) is 0. The molecular weight excluding hydrogens is 522 g/mol. The first-order chi connectivity index (χ1) is 21.3. The fraction of sp³-hybridized carbons (Fsp3) is 0. The van der Waals surface area contributed by atoms with E-state index in [1.54, 1.807) is 0 Å². The molecule has 0 N–H and O–H groups in total. The highest BCUT2D eigenvalue weighted by molar-refractivity contribution is 6.27. The molecule has 9 aromatic rings. The minimum absolute atomic E-state index is 0.825. The summed E-state index contributed by atoms with van der Waals surface area (Å²) in [4.78, 5) is 0. The van der Waals surface area contributed by atoms with E-state index in [-0.39, 0.29) is 0 Å². The van der Waals surface area contributed by atoms with E-state index >= 15 is 0 Å². The first-order valence-electron chi connectivity index (χ1n) is 14.6. The Morgan fingerprint density at radius 1 is 0.372 bits per heavy atom. The predicted molar refractivity (Wildman–Crippen MR) is 179 cm³/mol. The summed E-state index contributed by atoms with van der Waals surface area (Å²) in [5.41, 5.74) is 5.61. The third-order valence-corrected chi connectivity index (χ3v) is 8.68. The number of fused-ring (bicyclic) bond motifs is 1. The first kappa shape index (κ1) is 23.9. The second-order valence-electron chi connectivity index (χ2n) is 11.1. The van der Waals surface area contributed by atoms with E-state index in [2.05, 4.69) is 132 Å². The van der Waals surface area contributed by atoms with Gasteiger partial charge >= 0.3 is 0 Å². The molecule has 200 valence electrons. The van der Waals surface area contributed by atoms with Crippen LogP contribution in [0.25, 0.3) is 82.7 Å². The summed E-state index contributed by atoms with van der Waals surface area (Å²) in [6.45, 7) is 0. The van der Waals surface area contributed by atoms with Crippen LogP contribution in [0.5, 0.6) is 0 Å². The number of hydrogen-bond donors (Lipinski definition) is 0. The number of rotatable bonds is 4. The standard InChI is InChI=1S/C40H25N3/c1-3-10-29(11-4-1)39-41-42-40(43(39)32-13-5-2-6-14-32)36-24-20-28-18-22-34-33(21-17-27-19-23-35(36)38(28)37(27)34)31-16-15-26-9-7-8-12-30(26)25-31/h1-25H. The van der Waals surface area contributed by atoms with E-state index in [9.17, 15) is 0 Å². The summed E-state index contributed by atoms with van der Waals surface area (Å²) < 4.78 is 2.18. The van der Waals surface area contributed by atoms with Crippen molar-refractivity contribution in [3.63, 3.8) is 0 Å². The second kappa shape index (κ2) is 9.37. The van der Waals surface area contributed by atoms with Crippen molar-refractivity contribution in [3.8, 4) is 39.6 Å². The van der Waals surface area contributed by atoms with Crippen LogP contribution in [-0.2, 0) is 0 Å². The van der Waals surface area contributed by atoms with Gasteiger partial charge in [-0.15, -0.1) is 10.2 Å². The van der Waals surface area contributed by atoms with E-state index in [0.29, 0.717) is 0 Å². The maximum atomic E-state index is 4.83. The van der Waals surface area contributed by atoms with Gasteiger partial charge in [0.15, 0.2) is 11.6 Å². The van der Waals surface area contributed by atoms with E-state index < -0.39 is 0 Å². The normalized spacial score (nSPS) is 11.7. The van der Waals surface area contributed by atoms with Crippen molar-refractivity contribution in [2.45, 2.75) is 0 Å². The van der Waals surface area contributed by atoms with Crippen molar-refractivity contribution in [2.75, 3.05) is 0 Å². The number of nitrogens with zero attached hydrogens (tertiary/aromatic N) is 3. The lowest BCUT2D eigenvalue weighted by Gasteiger charge is -2.17. The van der Waals surface area contributed by atoms with Crippen molar-refractivity contribution in [1.82, 2.24) is 14.8 Å². The molecule has 8 aromatic carbocycles. The molecule has 43 heavy (non-hydrogen) atoms. The quantitative estimate of drug-likeness (QED) is 0.205. The highest BCUT2D eigenvalue weighted by Crippen LogP contribution is 2.43. The molecule has 0 aliphatic rings. The molecule has 0 bridgehead atoms. The van der Waals surface area contributed by atoms with Gasteiger partial charge in [-0.1, -0.05) is 127 Å². The van der Waals surface area contributed by atoms with Crippen LogP contribution < -0.4 is 0 Å². The molecule has 0 unspecified atom stereocenters. The minimum Gasteiger partial charge on any atom is -0.275 e. The van der Waals surface area contributed by atoms with Gasteiger partial charge in [0, 0.05) is 16.8 Å². The van der Waals surface area contributed by atoms with E-state index in [1.165, 1.54) is 54.2 Å². The lowest BCUT2D eigenvalue weighted by molar-refractivity contribution is 1.07. The Morgan fingerprint density at radius 3 is 1.67 bits per heavy atom. The topological polar surface area (TPSA) is 30.7 Å². The molecule has 0 spiro atoms. The van der Waals surface area contributed by atoms with Crippen LogP contribution >= 0.6 is 0 Å². The van der Waals surface area contributed by atoms with Crippen LogP contribution in [0.2, 0.25) is 0 Å². The Bertz CT molecular complexity index is 2440. The average Bonchev–Trinajstić information content (AvgIpc) is 3.52. The molecule has 9 rings (SSSR count). The Labute approximate surface area is 248 Å². The van der Waals surface area contributed by atoms with Crippen LogP contribution in [-0.4, -0.2) is 14.8 Å². The van der Waals surface area contributed by atoms with Crippen LogP contribution in [0.15, 0.2) is 152 Å². The van der Waals surface area contributed by atoms with Crippen molar-refractivity contribution in [2.24, 2.45) is 0 Å². The fourth-order valence-corrected chi connectivity index (χ4v) is 6.66. The molecule has 3 heteroatoms. The molecule has 0 fully saturated rings. The molecule has 1 aromatic heterocycles. The summed E-state index contributed by atoms with van der Waals surface area (Å²) in [5.74, 6) is 1.66. The van der Waals surface area contributed by atoms with Crippen LogP contribution in [0, 0.1) is 0 Å². The molecule has 0 aliphatic heterocycles. The number of benzene rings is 8. The smallest absolute Gasteiger partial charge is 0.169 e. The number of hydrogen-bond acceptors (Lipinski definition) is 2. The highest BCUT2D eigenvalue weighted by atomic mass is 15.3. The molecule has 0 atom stereocenters. The molecule has 0 radical (unpaired) electrons. The zero-order valence-electron chi connectivity index (χ0n) is 23.3. The summed E-state index contributed by atoms with van der Waals surface area (Å²) in [7, 11) is 0. The SMILES string of the molecule is c1ccc(-c2nnc(-c3ccc4ccc5c(-c6ccc7ccccc7c6)ccc6ccc3c4c65)n2-c2ccccc2)cc1. The van der Waals surface area contributed by atoms with Crippen LogP contribution in [0.3, 0.4) is 0 Å². The van der Waals surface area contributed by atoms with Gasteiger partial charge < -0.3 is 0 Å². The number of aromatic nitrogens is 3. The Morgan fingerprint density at radius 2 is 0.930 bits per heavy atom. The second-order valence-corrected chi connectivity index (χ2v) is 11.1. The maximum absolute atomic E-state index is 4.83. The summed E-state index contributed by atoms with van der Waals surface area (Å²) in [5, 5.41) is 19.5. The van der Waals surface area contributed by atoms with Gasteiger partial charge in [0.1, 0.15) is 0 Å². The van der Waals surface area contributed by atoms with Crippen molar-refractivity contribution < 1.29 is 0 Å². The van der Waals surface area contributed by atoms with Gasteiger partial charge in [0.05, 0.1) is 0 Å². The average molecular weight is 548 g/mol. The summed E-state index contributed by atoms with van der Waals surface area (Å²) in [6, 6.07) is 54.0. The molecule has 0 saturated heterocycles. The monoisotopic (exact) mass is 547 g/mol. The van der Waals surface area contributed by atoms with Gasteiger partial charge in [0.2, 0.25) is 0 Å². The van der Waals surface area contributed by atoms with Crippen molar-refractivity contribution in [3.05, 3.63) is 152 Å². The lowest BCUT2D eigenvalue weighted by Crippen LogP contribution is -2.00. The Kier molecular flexibility index (Phi) is 5.20. The lowest BCUT2D eigenvalue weighted by atomic mass is 9.88. The Hall–Kier alpha value is -5.80. The largest absolute Gasteiger partial charge is 0.275 e. The maximum Gasteiger partial charge on any atom is 0.169 e. The zero-order chi connectivity index (χ0) is 28.3. The van der Waals surface area contributed by atoms with Crippen LogP contribution in [0.1, 0.15) is 0 Å². The molecule has 0 aliphatic carbocycles. The first-order valence-corrected chi connectivity index (χ1v) is 14.6. The van der Waals surface area contributed by atoms with E-state index in [0.717, 1.165) is 28.5 Å². The third-order valence-electron chi connectivity index (χ3n) is 8.68. The zero-order valence-corrected chi connectivity index (χ0v) is 23.3. The van der Waals surface area contributed by atoms with Gasteiger partial charge in [-0.3, -0.25) is 4.57 Å². The van der Waals surface area contributed by atoms with Crippen molar-refractivity contribution >= 4 is 43.1 Å². The Balaban J connectivity index is 1.32. The number of para-hydroxylation sites is 1. The van der Waals surface area contributed by atoms with E-state index in [4.69, 9.17) is 10.2 Å². The molecule has 0 amide bonds. The van der Waals surface area contributed by atoms with Gasteiger partial charge in [0.25, 0.3) is 0 Å². The van der Waals surface area contributed by atoms with Crippen LogP contribution in [0.4, 0.5) is 0 Å². The third kappa shape index (κ3) is 3.68. The molecular formula is C40H25N3. The minimum atomic E-state index is 0.825. The molecule has 0 saturated carbocycles. The van der Waals surface area contributed by atoms with E-state index in [1.807, 2.05) is 24.3 Å².